The highest BCUT2D eigenvalue weighted by Crippen LogP contribution is 2.51. The number of ether oxygens (including phenoxy) is 1. The van der Waals surface area contributed by atoms with Gasteiger partial charge in [0.2, 0.25) is 0 Å². The lowest BCUT2D eigenvalue weighted by Crippen LogP contribution is -2.54. The summed E-state index contributed by atoms with van der Waals surface area (Å²) in [5, 5.41) is 5.63. The molecule has 9 heteroatoms. The number of rotatable bonds is 5. The molecule has 2 aliphatic heterocycles. The zero-order valence-corrected chi connectivity index (χ0v) is 16.3. The van der Waals surface area contributed by atoms with Crippen molar-refractivity contribution in [1.82, 2.24) is 15.6 Å². The number of pyridine rings is 1. The molecule has 5 nitrogen and oxygen atoms in total. The van der Waals surface area contributed by atoms with Gasteiger partial charge in [0.25, 0.3) is 5.91 Å². The van der Waals surface area contributed by atoms with Crippen molar-refractivity contribution >= 4 is 17.5 Å². The fourth-order valence-electron chi connectivity index (χ4n) is 4.33. The van der Waals surface area contributed by atoms with Crippen LogP contribution in [0.3, 0.4) is 0 Å². The van der Waals surface area contributed by atoms with Crippen LogP contribution in [-0.2, 0) is 6.18 Å². The summed E-state index contributed by atoms with van der Waals surface area (Å²) in [4.78, 5) is 16.7. The maximum absolute atomic E-state index is 13.1. The van der Waals surface area contributed by atoms with Gasteiger partial charge in [-0.25, -0.2) is 4.98 Å². The van der Waals surface area contributed by atoms with Crippen molar-refractivity contribution in [2.24, 2.45) is 5.92 Å². The lowest BCUT2D eigenvalue weighted by Gasteiger charge is -2.44. The van der Waals surface area contributed by atoms with Crippen LogP contribution in [0.5, 0.6) is 5.75 Å². The first kappa shape index (κ1) is 20.0. The van der Waals surface area contributed by atoms with Gasteiger partial charge in [-0.2, -0.15) is 13.2 Å². The van der Waals surface area contributed by atoms with Gasteiger partial charge in [-0.1, -0.05) is 23.7 Å². The molecule has 3 fully saturated rings. The second kappa shape index (κ2) is 7.18. The van der Waals surface area contributed by atoms with Crippen molar-refractivity contribution in [3.05, 3.63) is 58.4 Å². The number of nitrogens with one attached hydrogen (secondary N) is 2. The van der Waals surface area contributed by atoms with Gasteiger partial charge in [0.1, 0.15) is 11.4 Å². The van der Waals surface area contributed by atoms with E-state index in [1.165, 1.54) is 0 Å². The maximum atomic E-state index is 13.1. The first-order valence-electron chi connectivity index (χ1n) is 9.15. The topological polar surface area (TPSA) is 63.2 Å². The molecule has 0 spiro atoms. The summed E-state index contributed by atoms with van der Waals surface area (Å²) in [5.74, 6) is 0.415. The number of halogens is 4. The molecule has 2 saturated heterocycles. The van der Waals surface area contributed by atoms with Crippen LogP contribution in [0, 0.1) is 5.92 Å². The number of alkyl halides is 3. The highest BCUT2D eigenvalue weighted by Gasteiger charge is 2.55. The fourth-order valence-corrected chi connectivity index (χ4v) is 4.63. The standard InChI is InChI=1S/C20H19ClF3N3O2/c1-29-13-4-2-3-12(7-13)17(19-8-11(9-19)10-26-19)27-18(28)16-15(21)14(5-6-25-16)20(22,23)24/h2-7,11,17,26H,8-10H2,1H3,(H,27,28). The van der Waals surface area contributed by atoms with Crippen molar-refractivity contribution < 1.29 is 22.7 Å². The van der Waals surface area contributed by atoms with Crippen molar-refractivity contribution in [1.29, 1.82) is 0 Å². The third-order valence-corrected chi connectivity index (χ3v) is 6.10. The molecule has 1 amide bonds. The molecule has 5 rings (SSSR count). The predicted molar refractivity (Wildman–Crippen MR) is 101 cm³/mol. The lowest BCUT2D eigenvalue weighted by atomic mass is 9.67. The van der Waals surface area contributed by atoms with Crippen LogP contribution in [-0.4, -0.2) is 30.1 Å². The zero-order valence-electron chi connectivity index (χ0n) is 15.5. The number of carbonyl (C=O) groups is 1. The molecule has 2 aromatic rings. The Bertz CT molecular complexity index is 939. The zero-order chi connectivity index (χ0) is 20.8. The highest BCUT2D eigenvalue weighted by molar-refractivity contribution is 6.34. The van der Waals surface area contributed by atoms with Crippen molar-refractivity contribution in [2.45, 2.75) is 30.6 Å². The molecule has 1 atom stereocenters. The van der Waals surface area contributed by atoms with Gasteiger partial charge in [-0.05, 0) is 49.1 Å². The maximum Gasteiger partial charge on any atom is 0.417 e. The Morgan fingerprint density at radius 2 is 2.14 bits per heavy atom. The van der Waals surface area contributed by atoms with Crippen molar-refractivity contribution in [3.63, 3.8) is 0 Å². The lowest BCUT2D eigenvalue weighted by molar-refractivity contribution is -0.137. The van der Waals surface area contributed by atoms with Gasteiger partial charge in [0, 0.05) is 11.7 Å². The van der Waals surface area contributed by atoms with E-state index >= 15 is 0 Å². The van der Waals surface area contributed by atoms with E-state index in [1.807, 2.05) is 18.2 Å². The molecular formula is C20H19ClF3N3O2. The Hall–Kier alpha value is -2.32. The number of hydrogen-bond acceptors (Lipinski definition) is 4. The molecule has 1 aromatic heterocycles. The van der Waals surface area contributed by atoms with Crippen molar-refractivity contribution in [2.75, 3.05) is 13.7 Å². The predicted octanol–water partition coefficient (Wildman–Crippen LogP) is 3.99. The smallest absolute Gasteiger partial charge is 0.417 e. The molecule has 154 valence electrons. The summed E-state index contributed by atoms with van der Waals surface area (Å²) >= 11 is 5.89. The number of nitrogens with zero attached hydrogens (tertiary/aromatic N) is 1. The van der Waals surface area contributed by atoms with Gasteiger partial charge in [0.15, 0.2) is 0 Å². The molecule has 3 heterocycles. The van der Waals surface area contributed by atoms with E-state index in [0.717, 1.165) is 37.2 Å². The second-order valence-electron chi connectivity index (χ2n) is 7.51. The van der Waals surface area contributed by atoms with E-state index < -0.39 is 34.4 Å². The quantitative estimate of drug-likeness (QED) is 0.760. The monoisotopic (exact) mass is 425 g/mol. The first-order valence-corrected chi connectivity index (χ1v) is 9.53. The molecular weight excluding hydrogens is 407 g/mol. The van der Waals surface area contributed by atoms with Gasteiger partial charge >= 0.3 is 6.18 Å². The molecule has 1 aromatic carbocycles. The van der Waals surface area contributed by atoms with E-state index in [-0.39, 0.29) is 5.54 Å². The van der Waals surface area contributed by atoms with Crippen LogP contribution < -0.4 is 15.4 Å². The normalized spacial score (nSPS) is 24.0. The van der Waals surface area contributed by atoms with Crippen molar-refractivity contribution in [3.8, 4) is 5.75 Å². The number of methoxy groups -OCH3 is 1. The van der Waals surface area contributed by atoms with Gasteiger partial charge in [0.05, 0.1) is 23.7 Å². The van der Waals surface area contributed by atoms with E-state index in [9.17, 15) is 18.0 Å². The van der Waals surface area contributed by atoms with Crippen LogP contribution in [0.4, 0.5) is 13.2 Å². The Balaban J connectivity index is 1.68. The van der Waals surface area contributed by atoms with Crippen LogP contribution >= 0.6 is 11.6 Å². The number of carbonyl (C=O) groups excluding carboxylic acids is 1. The first-order chi connectivity index (χ1) is 13.7. The molecule has 3 aliphatic rings. The average molecular weight is 426 g/mol. The minimum absolute atomic E-state index is 0.346. The molecule has 29 heavy (non-hydrogen) atoms. The van der Waals surface area contributed by atoms with E-state index in [2.05, 4.69) is 15.6 Å². The molecule has 1 saturated carbocycles. The van der Waals surface area contributed by atoms with Gasteiger partial charge in [-0.15, -0.1) is 0 Å². The van der Waals surface area contributed by atoms with E-state index in [4.69, 9.17) is 16.3 Å². The highest BCUT2D eigenvalue weighted by atomic mass is 35.5. The number of hydrogen-bond donors (Lipinski definition) is 2. The summed E-state index contributed by atoms with van der Waals surface area (Å²) in [6.07, 6.45) is -1.98. The number of aromatic nitrogens is 1. The Kier molecular flexibility index (Phi) is 4.94. The molecule has 2 bridgehead atoms. The van der Waals surface area contributed by atoms with Crippen LogP contribution in [0.1, 0.15) is 40.5 Å². The van der Waals surface area contributed by atoms with Gasteiger partial charge < -0.3 is 15.4 Å². The SMILES string of the molecule is COc1cccc(C(NC(=O)c2nccc(C(F)(F)F)c2Cl)C23CC(CN2)C3)c1. The molecule has 0 radical (unpaired) electrons. The Morgan fingerprint density at radius 1 is 1.38 bits per heavy atom. The minimum Gasteiger partial charge on any atom is -0.497 e. The Morgan fingerprint density at radius 3 is 2.76 bits per heavy atom. The molecule has 1 aliphatic carbocycles. The Labute approximate surface area is 170 Å². The summed E-state index contributed by atoms with van der Waals surface area (Å²) in [7, 11) is 1.55. The van der Waals surface area contributed by atoms with Crippen LogP contribution in [0.25, 0.3) is 0 Å². The largest absolute Gasteiger partial charge is 0.497 e. The molecule has 2 N–H and O–H groups in total. The van der Waals surface area contributed by atoms with Crippen LogP contribution in [0.2, 0.25) is 5.02 Å². The summed E-state index contributed by atoms with van der Waals surface area (Å²) in [6.45, 7) is 0.846. The molecule has 1 unspecified atom stereocenters. The minimum atomic E-state index is -4.67. The summed E-state index contributed by atoms with van der Waals surface area (Å²) < 4.78 is 44.7. The van der Waals surface area contributed by atoms with Crippen LogP contribution in [0.15, 0.2) is 36.5 Å². The summed E-state index contributed by atoms with van der Waals surface area (Å²) in [6, 6.07) is 7.56. The van der Waals surface area contributed by atoms with Gasteiger partial charge in [-0.3, -0.25) is 4.79 Å². The van der Waals surface area contributed by atoms with E-state index in [0.29, 0.717) is 11.7 Å². The second-order valence-corrected chi connectivity index (χ2v) is 7.89. The number of benzene rings is 1. The summed E-state index contributed by atoms with van der Waals surface area (Å²) in [5.41, 5.74) is -1.08. The number of amides is 1. The number of fused-ring (bicyclic) bond motifs is 1. The third kappa shape index (κ3) is 3.55. The van der Waals surface area contributed by atoms with E-state index in [1.54, 1.807) is 13.2 Å². The average Bonchev–Trinajstić information content (AvgIpc) is 3.27. The fraction of sp³-hybridized carbons (Fsp3) is 0.400. The third-order valence-electron chi connectivity index (χ3n) is 5.71.